The van der Waals surface area contributed by atoms with Crippen LogP contribution in [0, 0.1) is 11.6 Å². The summed E-state index contributed by atoms with van der Waals surface area (Å²) in [5, 5.41) is 12.3. The summed E-state index contributed by atoms with van der Waals surface area (Å²) >= 11 is 4.98. The molecular formula is C20H20F2N4O6S2. The van der Waals surface area contributed by atoms with Crippen molar-refractivity contribution in [1.29, 1.82) is 0 Å². The molecule has 2 aromatic rings. The highest BCUT2D eigenvalue weighted by atomic mass is 32.2. The Balaban J connectivity index is 1.44. The number of β-amino-alcohol motifs (C(OH)–C–C–N with tert-alkyl or cyclic N) is 1. The number of aliphatic hydroxyl groups excluding tert-OH is 1. The molecule has 2 aromatic carbocycles. The third-order valence-corrected chi connectivity index (χ3v) is 7.21. The predicted octanol–water partition coefficient (Wildman–Crippen LogP) is 0.878. The normalized spacial score (nSPS) is 20.0. The van der Waals surface area contributed by atoms with Crippen LogP contribution in [0.2, 0.25) is 0 Å². The van der Waals surface area contributed by atoms with Crippen molar-refractivity contribution in [3.8, 4) is 11.5 Å². The zero-order valence-corrected chi connectivity index (χ0v) is 19.1. The first kappa shape index (κ1) is 24.1. The maximum Gasteiger partial charge on any atom is 0.256 e. The summed E-state index contributed by atoms with van der Waals surface area (Å²) < 4.78 is 65.0. The van der Waals surface area contributed by atoms with Crippen LogP contribution in [0.1, 0.15) is 6.42 Å². The largest absolute Gasteiger partial charge is 0.486 e. The van der Waals surface area contributed by atoms with Crippen molar-refractivity contribution in [3.05, 3.63) is 48.0 Å². The average molecular weight is 515 g/mol. The van der Waals surface area contributed by atoms with Crippen molar-refractivity contribution >= 4 is 38.9 Å². The lowest BCUT2D eigenvalue weighted by atomic mass is 10.2. The van der Waals surface area contributed by atoms with Crippen LogP contribution < -0.4 is 25.6 Å². The number of ether oxygens (including phenoxy) is 2. The number of nitrogens with zero attached hydrogens (tertiary/aromatic N) is 1. The lowest BCUT2D eigenvalue weighted by Crippen LogP contribution is -2.52. The number of hydrazine groups is 1. The summed E-state index contributed by atoms with van der Waals surface area (Å²) in [7, 11) is -4.18. The third kappa shape index (κ3) is 5.04. The standard InChI is InChI=1S/C20H20F2N4O6S2/c21-11-1-3-15(14(22)7-11)23-20(33)25-24-19(28)16-8-12(27)10-26(16)34(29,30)13-2-4-17-18(9-13)32-6-5-31-17/h1-4,7,9,12,16,27H,5-6,8,10H2,(H,24,28)(H2,23,25,33)/t12-,16-/m0/s1. The highest BCUT2D eigenvalue weighted by molar-refractivity contribution is 7.89. The number of benzene rings is 2. The summed E-state index contributed by atoms with van der Waals surface area (Å²) in [5.74, 6) is -1.79. The highest BCUT2D eigenvalue weighted by Gasteiger charge is 2.43. The number of sulfonamides is 1. The maximum atomic E-state index is 13.8. The van der Waals surface area contributed by atoms with E-state index in [9.17, 15) is 27.1 Å². The van der Waals surface area contributed by atoms with Gasteiger partial charge in [-0.3, -0.25) is 15.6 Å². The second-order valence-corrected chi connectivity index (χ2v) is 9.78. The van der Waals surface area contributed by atoms with Gasteiger partial charge >= 0.3 is 0 Å². The zero-order valence-electron chi connectivity index (χ0n) is 17.5. The monoisotopic (exact) mass is 514 g/mol. The van der Waals surface area contributed by atoms with Gasteiger partial charge in [0.15, 0.2) is 16.6 Å². The van der Waals surface area contributed by atoms with Crippen molar-refractivity contribution in [2.45, 2.75) is 23.5 Å². The molecule has 2 aliphatic heterocycles. The molecule has 2 atom stereocenters. The van der Waals surface area contributed by atoms with E-state index in [0.29, 0.717) is 18.4 Å². The Kier molecular flexibility index (Phi) is 6.84. The quantitative estimate of drug-likeness (QED) is 0.347. The van der Waals surface area contributed by atoms with Gasteiger partial charge in [0.25, 0.3) is 5.91 Å². The fourth-order valence-corrected chi connectivity index (χ4v) is 5.37. The van der Waals surface area contributed by atoms with E-state index in [1.807, 2.05) is 0 Å². The van der Waals surface area contributed by atoms with Crippen LogP contribution in [0.4, 0.5) is 14.5 Å². The Morgan fingerprint density at radius 3 is 2.56 bits per heavy atom. The summed E-state index contributed by atoms with van der Waals surface area (Å²) in [6, 6.07) is 5.65. The van der Waals surface area contributed by atoms with Crippen molar-refractivity contribution < 1.29 is 36.6 Å². The van der Waals surface area contributed by atoms with Gasteiger partial charge in [-0.25, -0.2) is 17.2 Å². The number of fused-ring (bicyclic) bond motifs is 1. The second kappa shape index (κ2) is 9.66. The molecule has 1 fully saturated rings. The number of hydrogen-bond donors (Lipinski definition) is 4. The SMILES string of the molecule is O=C(NNC(=S)Nc1ccc(F)cc1F)[C@@H]1C[C@H](O)CN1S(=O)(=O)c1ccc2c(c1)OCCO2. The number of anilines is 1. The van der Waals surface area contributed by atoms with Crippen LogP contribution in [-0.4, -0.2) is 60.8 Å². The van der Waals surface area contributed by atoms with Gasteiger partial charge in [-0.1, -0.05) is 0 Å². The van der Waals surface area contributed by atoms with Gasteiger partial charge in [0.05, 0.1) is 16.7 Å². The molecule has 14 heteroatoms. The first-order valence-electron chi connectivity index (χ1n) is 10.1. The number of nitrogens with one attached hydrogen (secondary N) is 3. The first-order chi connectivity index (χ1) is 16.1. The van der Waals surface area contributed by atoms with Crippen LogP contribution in [-0.2, 0) is 14.8 Å². The smallest absolute Gasteiger partial charge is 0.256 e. The van der Waals surface area contributed by atoms with Gasteiger partial charge in [0, 0.05) is 25.1 Å². The molecule has 0 aliphatic carbocycles. The van der Waals surface area contributed by atoms with Crippen LogP contribution in [0.5, 0.6) is 11.5 Å². The number of rotatable bonds is 4. The molecule has 4 rings (SSSR count). The number of aliphatic hydroxyl groups is 1. The van der Waals surface area contributed by atoms with Gasteiger partial charge < -0.3 is 19.9 Å². The van der Waals surface area contributed by atoms with Crippen LogP contribution in [0.3, 0.4) is 0 Å². The Morgan fingerprint density at radius 1 is 1.09 bits per heavy atom. The minimum absolute atomic E-state index is 0.124. The number of carbonyl (C=O) groups excluding carboxylic acids is 1. The van der Waals surface area contributed by atoms with E-state index < -0.39 is 39.7 Å². The predicted molar refractivity (Wildman–Crippen MR) is 120 cm³/mol. The zero-order chi connectivity index (χ0) is 24.5. The number of hydrogen-bond acceptors (Lipinski definition) is 7. The molecule has 34 heavy (non-hydrogen) atoms. The molecular weight excluding hydrogens is 494 g/mol. The van der Waals surface area contributed by atoms with E-state index >= 15 is 0 Å². The Bertz CT molecular complexity index is 1230. The first-order valence-corrected chi connectivity index (χ1v) is 11.9. The molecule has 1 saturated heterocycles. The summed E-state index contributed by atoms with van der Waals surface area (Å²) in [5.41, 5.74) is 4.45. The van der Waals surface area contributed by atoms with E-state index in [0.717, 1.165) is 16.4 Å². The fraction of sp³-hybridized carbons (Fsp3) is 0.300. The third-order valence-electron chi connectivity index (χ3n) is 5.14. The molecule has 0 bridgehead atoms. The van der Waals surface area contributed by atoms with Crippen molar-refractivity contribution in [3.63, 3.8) is 0 Å². The van der Waals surface area contributed by atoms with Crippen LogP contribution in [0.15, 0.2) is 41.3 Å². The lowest BCUT2D eigenvalue weighted by molar-refractivity contribution is -0.124. The molecule has 0 spiro atoms. The van der Waals surface area contributed by atoms with E-state index in [1.54, 1.807) is 0 Å². The number of halogens is 2. The van der Waals surface area contributed by atoms with Gasteiger partial charge in [-0.05, 0) is 36.5 Å². The molecule has 182 valence electrons. The highest BCUT2D eigenvalue weighted by Crippen LogP contribution is 2.34. The maximum absolute atomic E-state index is 13.8. The van der Waals surface area contributed by atoms with Crippen LogP contribution in [0.25, 0.3) is 0 Å². The van der Waals surface area contributed by atoms with Gasteiger partial charge in [-0.15, -0.1) is 0 Å². The lowest BCUT2D eigenvalue weighted by Gasteiger charge is -2.24. The van der Waals surface area contributed by atoms with Crippen molar-refractivity contribution in [2.24, 2.45) is 0 Å². The number of amides is 1. The topological polar surface area (TPSA) is 129 Å². The molecule has 0 unspecified atom stereocenters. The summed E-state index contributed by atoms with van der Waals surface area (Å²) in [6.07, 6.45) is -1.22. The molecule has 0 aromatic heterocycles. The van der Waals surface area contributed by atoms with E-state index in [1.165, 1.54) is 18.2 Å². The van der Waals surface area contributed by atoms with Gasteiger partial charge in [0.1, 0.15) is 30.9 Å². The summed E-state index contributed by atoms with van der Waals surface area (Å²) in [4.78, 5) is 12.6. The molecule has 2 heterocycles. The fourth-order valence-electron chi connectivity index (χ4n) is 3.55. The minimum Gasteiger partial charge on any atom is -0.486 e. The number of thiocarbonyl (C=S) groups is 1. The van der Waals surface area contributed by atoms with Gasteiger partial charge in [0.2, 0.25) is 10.0 Å². The average Bonchev–Trinajstić information content (AvgIpc) is 3.21. The Labute approximate surface area is 198 Å². The summed E-state index contributed by atoms with van der Waals surface area (Å²) in [6.45, 7) is 0.320. The van der Waals surface area contributed by atoms with E-state index in [-0.39, 0.29) is 41.0 Å². The van der Waals surface area contributed by atoms with Gasteiger partial charge in [-0.2, -0.15) is 4.31 Å². The van der Waals surface area contributed by atoms with Crippen molar-refractivity contribution in [2.75, 3.05) is 25.1 Å². The van der Waals surface area contributed by atoms with Crippen molar-refractivity contribution in [1.82, 2.24) is 15.2 Å². The van der Waals surface area contributed by atoms with E-state index in [2.05, 4.69) is 16.2 Å². The molecule has 10 nitrogen and oxygen atoms in total. The second-order valence-electron chi connectivity index (χ2n) is 7.48. The Morgan fingerprint density at radius 2 is 1.82 bits per heavy atom. The van der Waals surface area contributed by atoms with Crippen LogP contribution >= 0.6 is 12.2 Å². The van der Waals surface area contributed by atoms with E-state index in [4.69, 9.17) is 21.7 Å². The molecule has 1 amide bonds. The minimum atomic E-state index is -4.18. The number of carbonyl (C=O) groups is 1. The molecule has 4 N–H and O–H groups in total. The molecule has 2 aliphatic rings. The Hall–Kier alpha value is -3.07. The molecule has 0 radical (unpaired) electrons. The molecule has 0 saturated carbocycles.